The van der Waals surface area contributed by atoms with Crippen LogP contribution < -0.4 is 4.72 Å². The summed E-state index contributed by atoms with van der Waals surface area (Å²) in [4.78, 5) is 15.3. The third kappa shape index (κ3) is 3.93. The minimum atomic E-state index is -1.37. The van der Waals surface area contributed by atoms with Gasteiger partial charge in [-0.15, -0.1) is 0 Å². The third-order valence-corrected chi connectivity index (χ3v) is 7.13. The Hall–Kier alpha value is -1.95. The number of H-pyrrole nitrogens is 1. The van der Waals surface area contributed by atoms with E-state index < -0.39 is 11.0 Å². The zero-order valence-electron chi connectivity index (χ0n) is 15.5. The topological polar surface area (TPSA) is 62.0 Å². The van der Waals surface area contributed by atoms with Crippen molar-refractivity contribution in [1.82, 2.24) is 9.71 Å². The molecule has 6 heteroatoms. The number of carbonyl (C=O) groups excluding carboxylic acids is 1. The van der Waals surface area contributed by atoms with E-state index >= 15 is 0 Å². The van der Waals surface area contributed by atoms with E-state index in [0.717, 1.165) is 46.9 Å². The second-order valence-corrected chi connectivity index (χ2v) is 8.88. The molecule has 0 amide bonds. The van der Waals surface area contributed by atoms with Crippen molar-refractivity contribution in [3.05, 3.63) is 53.1 Å². The number of aldehydes is 1. The summed E-state index contributed by atoms with van der Waals surface area (Å²) < 4.78 is 16.2. The van der Waals surface area contributed by atoms with Gasteiger partial charge in [-0.25, -0.2) is 8.93 Å². The van der Waals surface area contributed by atoms with E-state index in [1.807, 2.05) is 36.4 Å². The molecule has 4 rings (SSSR count). The van der Waals surface area contributed by atoms with E-state index in [0.29, 0.717) is 16.3 Å². The molecule has 1 heterocycles. The zero-order valence-corrected chi connectivity index (χ0v) is 17.1. The maximum atomic E-state index is 12.9. The van der Waals surface area contributed by atoms with E-state index in [2.05, 4.69) is 9.71 Å². The molecule has 146 valence electrons. The van der Waals surface area contributed by atoms with Gasteiger partial charge in [0.15, 0.2) is 0 Å². The summed E-state index contributed by atoms with van der Waals surface area (Å²) in [6, 6.07) is 13.8. The average molecular weight is 415 g/mol. The van der Waals surface area contributed by atoms with Gasteiger partial charge in [0.2, 0.25) is 0 Å². The molecule has 0 saturated heterocycles. The van der Waals surface area contributed by atoms with E-state index in [9.17, 15) is 9.00 Å². The molecule has 0 bridgehead atoms. The van der Waals surface area contributed by atoms with Crippen molar-refractivity contribution in [1.29, 1.82) is 0 Å². The zero-order chi connectivity index (χ0) is 19.5. The molecule has 3 aromatic rings. The molecule has 1 fully saturated rings. The number of aromatic amines is 1. The second kappa shape index (κ2) is 8.60. The fourth-order valence-corrected chi connectivity index (χ4v) is 5.45. The SMILES string of the molecule is O=CCc1c(-c2ccc(Cl)c(S(=O)NC3CCCCC3)c2)[nH]c2ccccc12. The molecule has 0 aliphatic heterocycles. The number of carbonyl (C=O) groups is 1. The van der Waals surface area contributed by atoms with Gasteiger partial charge in [0.05, 0.1) is 15.6 Å². The average Bonchev–Trinajstić information content (AvgIpc) is 3.08. The van der Waals surface area contributed by atoms with Gasteiger partial charge in [0.1, 0.15) is 17.3 Å². The lowest BCUT2D eigenvalue weighted by Gasteiger charge is -2.22. The van der Waals surface area contributed by atoms with Gasteiger partial charge in [0.25, 0.3) is 0 Å². The van der Waals surface area contributed by atoms with Crippen molar-refractivity contribution in [3.63, 3.8) is 0 Å². The Morgan fingerprint density at radius 3 is 2.71 bits per heavy atom. The molecular formula is C22H23ClN2O2S. The number of hydrogen-bond acceptors (Lipinski definition) is 2. The first-order valence-corrected chi connectivity index (χ1v) is 11.2. The molecular weight excluding hydrogens is 392 g/mol. The normalized spacial score (nSPS) is 16.3. The number of halogens is 1. The number of aromatic nitrogens is 1. The van der Waals surface area contributed by atoms with Crippen LogP contribution in [0.15, 0.2) is 47.4 Å². The highest BCUT2D eigenvalue weighted by Gasteiger charge is 2.19. The van der Waals surface area contributed by atoms with Crippen molar-refractivity contribution in [2.75, 3.05) is 0 Å². The van der Waals surface area contributed by atoms with Gasteiger partial charge < -0.3 is 9.78 Å². The highest BCUT2D eigenvalue weighted by atomic mass is 35.5. The van der Waals surface area contributed by atoms with Crippen LogP contribution in [0.1, 0.15) is 37.7 Å². The molecule has 1 atom stereocenters. The summed E-state index contributed by atoms with van der Waals surface area (Å²) in [5, 5.41) is 1.51. The molecule has 1 unspecified atom stereocenters. The molecule has 0 radical (unpaired) electrons. The smallest absolute Gasteiger partial charge is 0.126 e. The molecule has 2 N–H and O–H groups in total. The predicted octanol–water partition coefficient (Wildman–Crippen LogP) is 5.17. The van der Waals surface area contributed by atoms with E-state index in [-0.39, 0.29) is 6.04 Å². The first-order valence-electron chi connectivity index (χ1n) is 9.68. The van der Waals surface area contributed by atoms with Crippen LogP contribution in [0.25, 0.3) is 22.2 Å². The number of fused-ring (bicyclic) bond motifs is 1. The van der Waals surface area contributed by atoms with Crippen molar-refractivity contribution in [2.45, 2.75) is 49.5 Å². The third-order valence-electron chi connectivity index (χ3n) is 5.40. The van der Waals surface area contributed by atoms with Crippen LogP contribution in [0.5, 0.6) is 0 Å². The molecule has 28 heavy (non-hydrogen) atoms. The molecule has 2 aromatic carbocycles. The molecule has 4 nitrogen and oxygen atoms in total. The van der Waals surface area contributed by atoms with Crippen molar-refractivity contribution in [2.24, 2.45) is 0 Å². The monoisotopic (exact) mass is 414 g/mol. The molecule has 0 spiro atoms. The Morgan fingerprint density at radius 2 is 1.93 bits per heavy atom. The fourth-order valence-electron chi connectivity index (χ4n) is 3.98. The van der Waals surface area contributed by atoms with Gasteiger partial charge in [0, 0.05) is 23.4 Å². The van der Waals surface area contributed by atoms with Crippen LogP contribution >= 0.6 is 11.6 Å². The van der Waals surface area contributed by atoms with Crippen molar-refractivity contribution >= 4 is 39.8 Å². The number of hydrogen-bond donors (Lipinski definition) is 2. The molecule has 1 aliphatic rings. The van der Waals surface area contributed by atoms with Crippen molar-refractivity contribution in [3.8, 4) is 11.3 Å². The first kappa shape index (κ1) is 19.4. The summed E-state index contributed by atoms with van der Waals surface area (Å²) in [6.45, 7) is 0. The lowest BCUT2D eigenvalue weighted by atomic mass is 9.96. The van der Waals surface area contributed by atoms with Crippen LogP contribution in [0.3, 0.4) is 0 Å². The van der Waals surface area contributed by atoms with Gasteiger partial charge in [-0.3, -0.25) is 0 Å². The summed E-state index contributed by atoms with van der Waals surface area (Å²) in [5.41, 5.74) is 3.68. The number of nitrogens with one attached hydrogen (secondary N) is 2. The Morgan fingerprint density at radius 1 is 1.14 bits per heavy atom. The predicted molar refractivity (Wildman–Crippen MR) is 115 cm³/mol. The van der Waals surface area contributed by atoms with Crippen LogP contribution in [-0.4, -0.2) is 21.5 Å². The van der Waals surface area contributed by atoms with Crippen LogP contribution in [0, 0.1) is 0 Å². The van der Waals surface area contributed by atoms with Crippen molar-refractivity contribution < 1.29 is 9.00 Å². The molecule has 1 aromatic heterocycles. The summed E-state index contributed by atoms with van der Waals surface area (Å²) >= 11 is 6.38. The van der Waals surface area contributed by atoms with Crippen LogP contribution in [0.4, 0.5) is 0 Å². The fraction of sp³-hybridized carbons (Fsp3) is 0.318. The standard InChI is InChI=1S/C22H23ClN2O2S/c23-19-11-10-15(14-21(19)28(27)25-16-6-2-1-3-7-16)22-18(12-13-26)17-8-4-5-9-20(17)24-22/h4-5,8-11,13-14,16,24-25H,1-3,6-7,12H2. The minimum absolute atomic E-state index is 0.271. The van der Waals surface area contributed by atoms with E-state index in [4.69, 9.17) is 11.6 Å². The Labute approximate surface area is 172 Å². The quantitative estimate of drug-likeness (QED) is 0.546. The highest BCUT2D eigenvalue weighted by molar-refractivity contribution is 7.83. The lowest BCUT2D eigenvalue weighted by Crippen LogP contribution is -2.32. The highest BCUT2D eigenvalue weighted by Crippen LogP contribution is 2.33. The van der Waals surface area contributed by atoms with Gasteiger partial charge >= 0.3 is 0 Å². The number of rotatable bonds is 6. The Bertz CT molecular complexity index is 1020. The summed E-state index contributed by atoms with van der Waals surface area (Å²) in [5.74, 6) is 0. The maximum absolute atomic E-state index is 12.9. The van der Waals surface area contributed by atoms with Gasteiger partial charge in [-0.2, -0.15) is 0 Å². The van der Waals surface area contributed by atoms with E-state index in [1.54, 1.807) is 6.07 Å². The summed E-state index contributed by atoms with van der Waals surface area (Å²) in [6.07, 6.45) is 6.93. The number of para-hydroxylation sites is 1. The largest absolute Gasteiger partial charge is 0.354 e. The first-order chi connectivity index (χ1) is 13.7. The summed E-state index contributed by atoms with van der Waals surface area (Å²) in [7, 11) is -1.37. The van der Waals surface area contributed by atoms with Gasteiger partial charge in [-0.05, 0) is 42.2 Å². The Balaban J connectivity index is 1.70. The van der Waals surface area contributed by atoms with E-state index in [1.165, 1.54) is 19.3 Å². The van der Waals surface area contributed by atoms with Crippen LogP contribution in [-0.2, 0) is 22.2 Å². The second-order valence-electron chi connectivity index (χ2n) is 7.26. The minimum Gasteiger partial charge on any atom is -0.354 e. The lowest BCUT2D eigenvalue weighted by molar-refractivity contribution is -0.107. The Kier molecular flexibility index (Phi) is 5.95. The van der Waals surface area contributed by atoms with Crippen LogP contribution in [0.2, 0.25) is 5.02 Å². The number of benzene rings is 2. The molecule has 1 saturated carbocycles. The molecule has 1 aliphatic carbocycles. The maximum Gasteiger partial charge on any atom is 0.126 e. The van der Waals surface area contributed by atoms with Gasteiger partial charge in [-0.1, -0.05) is 55.1 Å².